The molecule has 0 unspecified atom stereocenters. The van der Waals surface area contributed by atoms with Gasteiger partial charge >= 0.3 is 0 Å². The van der Waals surface area contributed by atoms with Crippen molar-refractivity contribution in [1.29, 1.82) is 0 Å². The fourth-order valence-corrected chi connectivity index (χ4v) is 4.53. The smallest absolute Gasteiger partial charge is 0.256 e. The second-order valence-electron chi connectivity index (χ2n) is 7.69. The number of carbonyl (C=O) groups is 1. The molecule has 0 fully saturated rings. The van der Waals surface area contributed by atoms with Crippen molar-refractivity contribution >= 4 is 32.7 Å². The number of aryl methyl sites for hydroxylation is 1. The maximum atomic E-state index is 13.0. The molecule has 2 atom stereocenters. The minimum atomic E-state index is -0.295. The van der Waals surface area contributed by atoms with Crippen LogP contribution in [0.25, 0.3) is 10.9 Å². The number of aromatic nitrogens is 1. The summed E-state index contributed by atoms with van der Waals surface area (Å²) in [6.07, 6.45) is 4.31. The van der Waals surface area contributed by atoms with Gasteiger partial charge in [0.2, 0.25) is 5.43 Å². The van der Waals surface area contributed by atoms with Crippen LogP contribution in [-0.4, -0.2) is 16.5 Å². The third-order valence-corrected chi connectivity index (χ3v) is 5.95. The summed E-state index contributed by atoms with van der Waals surface area (Å²) in [5.74, 6) is -0.295. The molecule has 0 aliphatic carbocycles. The lowest BCUT2D eigenvalue weighted by Gasteiger charge is -2.16. The standard InChI is InChI=1S/C23H23BrN2O2/c1-14(8-9-16-6-4-3-5-7-16)25-23(28)20-13-26-15(2)10-17-11-18(24)12-19(21(17)26)22(20)27/h3-7,11-15H,8-10H2,1-2H3,(H,25,28)/t14-,15-/m1/s1. The summed E-state index contributed by atoms with van der Waals surface area (Å²) < 4.78 is 2.95. The molecule has 28 heavy (non-hydrogen) atoms. The van der Waals surface area contributed by atoms with E-state index in [4.69, 9.17) is 0 Å². The van der Waals surface area contributed by atoms with E-state index in [1.54, 1.807) is 6.20 Å². The molecule has 1 N–H and O–H groups in total. The number of pyridine rings is 1. The zero-order valence-electron chi connectivity index (χ0n) is 16.0. The molecule has 0 saturated heterocycles. The Balaban J connectivity index is 1.58. The Kier molecular flexibility index (Phi) is 5.11. The van der Waals surface area contributed by atoms with Crippen LogP contribution in [0.1, 0.15) is 47.8 Å². The molecule has 4 rings (SSSR count). The fourth-order valence-electron chi connectivity index (χ4n) is 4.02. The number of nitrogens with one attached hydrogen (secondary N) is 1. The molecule has 1 amide bonds. The predicted octanol–water partition coefficient (Wildman–Crippen LogP) is 4.63. The Bertz CT molecular complexity index is 1110. The number of hydrogen-bond donors (Lipinski definition) is 1. The van der Waals surface area contributed by atoms with Gasteiger partial charge in [0, 0.05) is 28.1 Å². The molecule has 2 aromatic carbocycles. The van der Waals surface area contributed by atoms with E-state index in [1.807, 2.05) is 31.2 Å². The van der Waals surface area contributed by atoms with Gasteiger partial charge in [-0.25, -0.2) is 0 Å². The van der Waals surface area contributed by atoms with E-state index in [9.17, 15) is 9.59 Å². The highest BCUT2D eigenvalue weighted by Gasteiger charge is 2.25. The highest BCUT2D eigenvalue weighted by Crippen LogP contribution is 2.33. The lowest BCUT2D eigenvalue weighted by Crippen LogP contribution is -2.36. The SMILES string of the molecule is C[C@H](CCc1ccccc1)NC(=O)c1cn2c3c(cc(Br)cc3c1=O)C[C@H]2C. The molecule has 4 nitrogen and oxygen atoms in total. The second kappa shape index (κ2) is 7.55. The first-order chi connectivity index (χ1) is 13.4. The van der Waals surface area contributed by atoms with Crippen LogP contribution in [0.4, 0.5) is 0 Å². The number of benzene rings is 2. The van der Waals surface area contributed by atoms with Gasteiger partial charge in [-0.2, -0.15) is 0 Å². The molecule has 0 spiro atoms. The number of carbonyl (C=O) groups excluding carboxylic acids is 1. The zero-order chi connectivity index (χ0) is 19.8. The predicted molar refractivity (Wildman–Crippen MR) is 116 cm³/mol. The van der Waals surface area contributed by atoms with Crippen LogP contribution >= 0.6 is 15.9 Å². The molecule has 3 aromatic rings. The van der Waals surface area contributed by atoms with Crippen LogP contribution in [0.3, 0.4) is 0 Å². The van der Waals surface area contributed by atoms with Gasteiger partial charge in [-0.3, -0.25) is 9.59 Å². The number of halogens is 1. The highest BCUT2D eigenvalue weighted by atomic mass is 79.9. The van der Waals surface area contributed by atoms with E-state index in [1.165, 1.54) is 5.56 Å². The van der Waals surface area contributed by atoms with Crippen LogP contribution in [0.5, 0.6) is 0 Å². The Morgan fingerprint density at radius 2 is 2.04 bits per heavy atom. The molecular formula is C23H23BrN2O2. The molecule has 2 heterocycles. The van der Waals surface area contributed by atoms with E-state index >= 15 is 0 Å². The molecule has 1 aromatic heterocycles. The molecule has 1 aliphatic heterocycles. The average molecular weight is 439 g/mol. The molecule has 5 heteroatoms. The van der Waals surface area contributed by atoms with Crippen molar-refractivity contribution in [2.24, 2.45) is 0 Å². The van der Waals surface area contributed by atoms with Crippen molar-refractivity contribution in [2.45, 2.75) is 45.2 Å². The zero-order valence-corrected chi connectivity index (χ0v) is 17.6. The van der Waals surface area contributed by atoms with Gasteiger partial charge in [0.25, 0.3) is 5.91 Å². The van der Waals surface area contributed by atoms with Crippen molar-refractivity contribution in [3.05, 3.63) is 80.0 Å². The van der Waals surface area contributed by atoms with Crippen molar-refractivity contribution in [1.82, 2.24) is 9.88 Å². The summed E-state index contributed by atoms with van der Waals surface area (Å²) in [5.41, 5.74) is 3.37. The summed E-state index contributed by atoms with van der Waals surface area (Å²) in [4.78, 5) is 25.9. The lowest BCUT2D eigenvalue weighted by atomic mass is 10.1. The van der Waals surface area contributed by atoms with Gasteiger partial charge in [-0.15, -0.1) is 0 Å². The van der Waals surface area contributed by atoms with Crippen LogP contribution in [-0.2, 0) is 12.8 Å². The summed E-state index contributed by atoms with van der Waals surface area (Å²) in [6, 6.07) is 14.3. The van der Waals surface area contributed by atoms with Crippen molar-refractivity contribution < 1.29 is 4.79 Å². The molecular weight excluding hydrogens is 416 g/mol. The number of nitrogens with zero attached hydrogens (tertiary/aromatic N) is 1. The van der Waals surface area contributed by atoms with E-state index in [0.717, 1.165) is 34.8 Å². The van der Waals surface area contributed by atoms with Gasteiger partial charge in [-0.05, 0) is 56.4 Å². The number of amides is 1. The Morgan fingerprint density at radius 1 is 1.29 bits per heavy atom. The second-order valence-corrected chi connectivity index (χ2v) is 8.61. The minimum absolute atomic E-state index is 0.0168. The van der Waals surface area contributed by atoms with Crippen molar-refractivity contribution in [3.8, 4) is 0 Å². The van der Waals surface area contributed by atoms with E-state index < -0.39 is 0 Å². The monoisotopic (exact) mass is 438 g/mol. The fraction of sp³-hybridized carbons (Fsp3) is 0.304. The lowest BCUT2D eigenvalue weighted by molar-refractivity contribution is 0.0936. The van der Waals surface area contributed by atoms with E-state index in [-0.39, 0.29) is 29.0 Å². The maximum absolute atomic E-state index is 13.0. The van der Waals surface area contributed by atoms with Crippen molar-refractivity contribution in [2.75, 3.05) is 0 Å². The summed E-state index contributed by atoms with van der Waals surface area (Å²) in [6.45, 7) is 4.10. The first-order valence-corrected chi connectivity index (χ1v) is 10.5. The largest absolute Gasteiger partial charge is 0.349 e. The van der Waals surface area contributed by atoms with Gasteiger partial charge < -0.3 is 9.88 Å². The molecule has 0 radical (unpaired) electrons. The first kappa shape index (κ1) is 18.9. The summed E-state index contributed by atoms with van der Waals surface area (Å²) in [5, 5.41) is 3.62. The van der Waals surface area contributed by atoms with Gasteiger partial charge in [0.1, 0.15) is 5.56 Å². The van der Waals surface area contributed by atoms with E-state index in [2.05, 4.69) is 50.9 Å². The number of hydrogen-bond acceptors (Lipinski definition) is 2. The van der Waals surface area contributed by atoms with E-state index in [0.29, 0.717) is 5.39 Å². The third kappa shape index (κ3) is 3.51. The molecule has 0 bridgehead atoms. The molecule has 1 aliphatic rings. The minimum Gasteiger partial charge on any atom is -0.349 e. The van der Waals surface area contributed by atoms with Gasteiger partial charge in [0.15, 0.2) is 0 Å². The Hall–Kier alpha value is -2.40. The number of rotatable bonds is 5. The Labute approximate surface area is 172 Å². The highest BCUT2D eigenvalue weighted by molar-refractivity contribution is 9.10. The van der Waals surface area contributed by atoms with Crippen molar-refractivity contribution in [3.63, 3.8) is 0 Å². The Morgan fingerprint density at radius 3 is 2.79 bits per heavy atom. The quantitative estimate of drug-likeness (QED) is 0.630. The van der Waals surface area contributed by atoms with Crippen LogP contribution in [0, 0.1) is 0 Å². The average Bonchev–Trinajstić information content (AvgIpc) is 2.98. The van der Waals surface area contributed by atoms with Gasteiger partial charge in [0.05, 0.1) is 5.52 Å². The van der Waals surface area contributed by atoms with Gasteiger partial charge in [-0.1, -0.05) is 46.3 Å². The molecule has 144 valence electrons. The maximum Gasteiger partial charge on any atom is 0.256 e. The van der Waals surface area contributed by atoms with Crippen LogP contribution in [0.15, 0.2) is 57.9 Å². The summed E-state index contributed by atoms with van der Waals surface area (Å²) in [7, 11) is 0. The van der Waals surface area contributed by atoms with Crippen LogP contribution < -0.4 is 10.7 Å². The normalized spacial score (nSPS) is 16.3. The summed E-state index contributed by atoms with van der Waals surface area (Å²) >= 11 is 3.50. The topological polar surface area (TPSA) is 51.1 Å². The van der Waals surface area contributed by atoms with Crippen LogP contribution in [0.2, 0.25) is 0 Å². The molecule has 0 saturated carbocycles. The first-order valence-electron chi connectivity index (χ1n) is 9.66. The third-order valence-electron chi connectivity index (χ3n) is 5.49.